The maximum Gasteiger partial charge on any atom is 0.237 e. The zero-order valence-corrected chi connectivity index (χ0v) is 9.71. The first-order valence-electron chi connectivity index (χ1n) is 5.59. The van der Waals surface area contributed by atoms with Crippen molar-refractivity contribution in [3.8, 4) is 0 Å². The van der Waals surface area contributed by atoms with Crippen LogP contribution in [-0.4, -0.2) is 30.1 Å². The molecule has 1 amide bonds. The molecule has 3 nitrogen and oxygen atoms in total. The Morgan fingerprint density at radius 2 is 2.14 bits per heavy atom. The highest BCUT2D eigenvalue weighted by atomic mass is 16.2. The van der Waals surface area contributed by atoms with Crippen molar-refractivity contribution in [2.75, 3.05) is 13.1 Å². The molecule has 14 heavy (non-hydrogen) atoms. The number of nitrogens with one attached hydrogen (secondary N) is 1. The summed E-state index contributed by atoms with van der Waals surface area (Å²) >= 11 is 0. The smallest absolute Gasteiger partial charge is 0.237 e. The summed E-state index contributed by atoms with van der Waals surface area (Å²) < 4.78 is 0. The van der Waals surface area contributed by atoms with Crippen LogP contribution in [0.4, 0.5) is 0 Å². The van der Waals surface area contributed by atoms with Crippen LogP contribution in [0.25, 0.3) is 0 Å². The van der Waals surface area contributed by atoms with Crippen molar-refractivity contribution in [1.29, 1.82) is 0 Å². The van der Waals surface area contributed by atoms with Gasteiger partial charge < -0.3 is 4.90 Å². The Kier molecular flexibility index (Phi) is 3.93. The molecule has 1 heterocycles. The number of carbonyl (C=O) groups excluding carboxylic acids is 1. The van der Waals surface area contributed by atoms with Gasteiger partial charge in [0.1, 0.15) is 0 Å². The molecule has 0 radical (unpaired) electrons. The standard InChI is InChI=1S/C11H22N2O/c1-5-9(4)7-13-10(14)6-12-11(13)8(2)3/h8-9,11-12H,5-7H2,1-4H3. The summed E-state index contributed by atoms with van der Waals surface area (Å²) in [6, 6.07) is 0. The van der Waals surface area contributed by atoms with Gasteiger partial charge in [-0.25, -0.2) is 0 Å². The van der Waals surface area contributed by atoms with Crippen molar-refractivity contribution in [3.63, 3.8) is 0 Å². The van der Waals surface area contributed by atoms with Gasteiger partial charge >= 0.3 is 0 Å². The van der Waals surface area contributed by atoms with E-state index in [1.54, 1.807) is 0 Å². The molecule has 1 aliphatic rings. The van der Waals surface area contributed by atoms with E-state index < -0.39 is 0 Å². The molecule has 0 aromatic rings. The molecule has 1 fully saturated rings. The second kappa shape index (κ2) is 4.78. The molecule has 1 N–H and O–H groups in total. The molecule has 2 unspecified atom stereocenters. The lowest BCUT2D eigenvalue weighted by Gasteiger charge is -2.29. The lowest BCUT2D eigenvalue weighted by molar-refractivity contribution is -0.129. The van der Waals surface area contributed by atoms with Gasteiger partial charge in [-0.1, -0.05) is 34.1 Å². The maximum atomic E-state index is 11.6. The van der Waals surface area contributed by atoms with Crippen molar-refractivity contribution in [2.24, 2.45) is 11.8 Å². The fourth-order valence-corrected chi connectivity index (χ4v) is 1.83. The number of carbonyl (C=O) groups is 1. The van der Waals surface area contributed by atoms with Crippen molar-refractivity contribution >= 4 is 5.91 Å². The average molecular weight is 198 g/mol. The highest BCUT2D eigenvalue weighted by molar-refractivity contribution is 5.80. The third-order valence-corrected chi connectivity index (χ3v) is 2.96. The minimum atomic E-state index is 0.247. The van der Waals surface area contributed by atoms with Crippen LogP contribution in [0.1, 0.15) is 34.1 Å². The maximum absolute atomic E-state index is 11.6. The van der Waals surface area contributed by atoms with Crippen LogP contribution in [0.5, 0.6) is 0 Å². The van der Waals surface area contributed by atoms with E-state index in [0.717, 1.165) is 13.0 Å². The summed E-state index contributed by atoms with van der Waals surface area (Å²) in [7, 11) is 0. The van der Waals surface area contributed by atoms with Crippen molar-refractivity contribution in [1.82, 2.24) is 10.2 Å². The predicted octanol–water partition coefficient (Wildman–Crippen LogP) is 1.45. The van der Waals surface area contributed by atoms with E-state index in [9.17, 15) is 4.79 Å². The zero-order chi connectivity index (χ0) is 10.7. The van der Waals surface area contributed by atoms with E-state index in [0.29, 0.717) is 18.4 Å². The fourth-order valence-electron chi connectivity index (χ4n) is 1.83. The van der Waals surface area contributed by atoms with Crippen molar-refractivity contribution in [3.05, 3.63) is 0 Å². The lowest BCUT2D eigenvalue weighted by Crippen LogP contribution is -2.43. The van der Waals surface area contributed by atoms with Gasteiger partial charge in [-0.3, -0.25) is 10.1 Å². The van der Waals surface area contributed by atoms with E-state index in [1.807, 2.05) is 4.90 Å². The van der Waals surface area contributed by atoms with Gasteiger partial charge in [0.15, 0.2) is 0 Å². The quantitative estimate of drug-likeness (QED) is 0.741. The Morgan fingerprint density at radius 3 is 2.64 bits per heavy atom. The van der Waals surface area contributed by atoms with Crippen LogP contribution in [0.15, 0.2) is 0 Å². The molecule has 1 aliphatic heterocycles. The van der Waals surface area contributed by atoms with Crippen LogP contribution in [0, 0.1) is 11.8 Å². The van der Waals surface area contributed by atoms with Gasteiger partial charge in [-0.2, -0.15) is 0 Å². The number of amides is 1. The molecule has 1 rings (SSSR count). The molecule has 1 saturated heterocycles. The summed E-state index contributed by atoms with van der Waals surface area (Å²) in [5, 5.41) is 3.26. The third kappa shape index (κ3) is 2.47. The molecule has 0 aliphatic carbocycles. The highest BCUT2D eigenvalue weighted by Gasteiger charge is 2.32. The minimum absolute atomic E-state index is 0.247. The summed E-state index contributed by atoms with van der Waals surface area (Å²) in [6.07, 6.45) is 1.38. The molecule has 2 atom stereocenters. The Bertz CT molecular complexity index is 203. The summed E-state index contributed by atoms with van der Waals surface area (Å²) in [5.41, 5.74) is 0. The summed E-state index contributed by atoms with van der Waals surface area (Å²) in [6.45, 7) is 10.1. The van der Waals surface area contributed by atoms with Gasteiger partial charge in [0.2, 0.25) is 5.91 Å². The van der Waals surface area contributed by atoms with Gasteiger partial charge in [-0.05, 0) is 11.8 Å². The first-order valence-corrected chi connectivity index (χ1v) is 5.59. The second-order valence-electron chi connectivity index (χ2n) is 4.63. The van der Waals surface area contributed by atoms with Crippen LogP contribution in [0.3, 0.4) is 0 Å². The molecule has 0 aromatic heterocycles. The van der Waals surface area contributed by atoms with E-state index in [1.165, 1.54) is 0 Å². The van der Waals surface area contributed by atoms with E-state index in [4.69, 9.17) is 0 Å². The third-order valence-electron chi connectivity index (χ3n) is 2.96. The van der Waals surface area contributed by atoms with Crippen LogP contribution >= 0.6 is 0 Å². The average Bonchev–Trinajstić information content (AvgIpc) is 2.48. The first-order chi connectivity index (χ1) is 6.56. The molecule has 3 heteroatoms. The SMILES string of the molecule is CCC(C)CN1C(=O)CNC1C(C)C. The fraction of sp³-hybridized carbons (Fsp3) is 0.909. The topological polar surface area (TPSA) is 32.3 Å². The van der Waals surface area contributed by atoms with E-state index in [-0.39, 0.29) is 12.1 Å². The number of hydrogen-bond acceptors (Lipinski definition) is 2. The number of hydrogen-bond donors (Lipinski definition) is 1. The highest BCUT2D eigenvalue weighted by Crippen LogP contribution is 2.16. The van der Waals surface area contributed by atoms with Gasteiger partial charge in [0.05, 0.1) is 12.7 Å². The van der Waals surface area contributed by atoms with Gasteiger partial charge in [0, 0.05) is 6.54 Å². The predicted molar refractivity (Wildman–Crippen MR) is 57.8 cm³/mol. The molecular weight excluding hydrogens is 176 g/mol. The lowest BCUT2D eigenvalue weighted by atomic mass is 10.1. The van der Waals surface area contributed by atoms with Crippen LogP contribution < -0.4 is 5.32 Å². The largest absolute Gasteiger partial charge is 0.326 e. The van der Waals surface area contributed by atoms with Gasteiger partial charge in [0.25, 0.3) is 0 Å². The van der Waals surface area contributed by atoms with Crippen molar-refractivity contribution in [2.45, 2.75) is 40.3 Å². The first kappa shape index (κ1) is 11.5. The number of rotatable bonds is 4. The van der Waals surface area contributed by atoms with Crippen LogP contribution in [0.2, 0.25) is 0 Å². The van der Waals surface area contributed by atoms with E-state index >= 15 is 0 Å². The molecule has 0 saturated carbocycles. The van der Waals surface area contributed by atoms with Crippen LogP contribution in [-0.2, 0) is 4.79 Å². The Hall–Kier alpha value is -0.570. The van der Waals surface area contributed by atoms with E-state index in [2.05, 4.69) is 33.0 Å². The summed E-state index contributed by atoms with van der Waals surface area (Å²) in [4.78, 5) is 13.6. The van der Waals surface area contributed by atoms with Gasteiger partial charge in [-0.15, -0.1) is 0 Å². The molecule has 0 spiro atoms. The minimum Gasteiger partial charge on any atom is -0.326 e. The Morgan fingerprint density at radius 1 is 1.50 bits per heavy atom. The van der Waals surface area contributed by atoms with Crippen molar-refractivity contribution < 1.29 is 4.79 Å². The summed E-state index contributed by atoms with van der Waals surface area (Å²) in [5.74, 6) is 1.34. The molecule has 0 bridgehead atoms. The monoisotopic (exact) mass is 198 g/mol. The second-order valence-corrected chi connectivity index (χ2v) is 4.63. The normalized spacial score (nSPS) is 24.8. The molecular formula is C11H22N2O. The molecule has 82 valence electrons. The number of nitrogens with zero attached hydrogens (tertiary/aromatic N) is 1. The zero-order valence-electron chi connectivity index (χ0n) is 9.71. The molecule has 0 aromatic carbocycles. The Balaban J connectivity index is 2.58. The Labute approximate surface area is 86.9 Å².